The number of aryl methyl sites for hydroxylation is 1. The highest BCUT2D eigenvalue weighted by Crippen LogP contribution is 2.41. The van der Waals surface area contributed by atoms with E-state index in [2.05, 4.69) is 16.9 Å². The summed E-state index contributed by atoms with van der Waals surface area (Å²) in [5, 5.41) is 10.0. The number of aliphatic hydroxyl groups excluding tert-OH is 1. The molecule has 0 bridgehead atoms. The largest absolute Gasteiger partial charge is 0.396 e. The Morgan fingerprint density at radius 3 is 2.92 bits per heavy atom. The predicted molar refractivity (Wildman–Crippen MR) is 101 cm³/mol. The second kappa shape index (κ2) is 6.67. The molecule has 1 amide bonds. The third kappa shape index (κ3) is 2.81. The third-order valence-corrected chi connectivity index (χ3v) is 6.50. The number of carbonyl (C=O) groups is 1. The van der Waals surface area contributed by atoms with Gasteiger partial charge in [0.05, 0.1) is 17.6 Å². The molecule has 1 aromatic heterocycles. The Labute approximate surface area is 154 Å². The first-order valence-electron chi connectivity index (χ1n) is 9.55. The molecular weight excluding hydrogens is 328 g/mol. The summed E-state index contributed by atoms with van der Waals surface area (Å²) in [5.74, 6) is 1.01. The molecule has 2 aromatic rings. The number of benzene rings is 1. The Hall–Kier alpha value is -1.92. The number of amides is 1. The normalized spacial score (nSPS) is 26.9. The van der Waals surface area contributed by atoms with Gasteiger partial charge in [-0.25, -0.2) is 4.98 Å². The number of para-hydroxylation sites is 2. The standard InChI is InChI=1S/C20H28N4O2/c1-15-21-16-6-3-4-7-17(16)24(15)13-19(26)23-11-9-20(14-25)8-5-10-22(2)18(20)12-23/h3-4,6-7,18,25H,5,8-14H2,1-2H3/t18-,20-/m1/s1. The number of nitrogens with zero attached hydrogens (tertiary/aromatic N) is 4. The molecule has 2 saturated heterocycles. The Kier molecular flexibility index (Phi) is 4.49. The summed E-state index contributed by atoms with van der Waals surface area (Å²) >= 11 is 0. The van der Waals surface area contributed by atoms with Gasteiger partial charge in [-0.05, 0) is 51.9 Å². The van der Waals surface area contributed by atoms with Crippen molar-refractivity contribution in [3.05, 3.63) is 30.1 Å². The van der Waals surface area contributed by atoms with Gasteiger partial charge < -0.3 is 19.5 Å². The summed E-state index contributed by atoms with van der Waals surface area (Å²) in [6, 6.07) is 8.21. The molecule has 0 unspecified atom stereocenters. The SMILES string of the molecule is Cc1nc2ccccc2n1CC(=O)N1CC[C@@]2(CO)CCCN(C)[C@@H]2C1. The number of carbonyl (C=O) groups excluding carboxylic acids is 1. The van der Waals surface area contributed by atoms with Crippen molar-refractivity contribution in [3.8, 4) is 0 Å². The highest BCUT2D eigenvalue weighted by molar-refractivity contribution is 5.81. The first kappa shape index (κ1) is 17.5. The van der Waals surface area contributed by atoms with Crippen molar-refractivity contribution in [1.82, 2.24) is 19.4 Å². The molecule has 0 spiro atoms. The third-order valence-electron chi connectivity index (χ3n) is 6.50. The number of imidazole rings is 1. The molecule has 2 atom stereocenters. The molecule has 4 rings (SSSR count). The summed E-state index contributed by atoms with van der Waals surface area (Å²) in [6.07, 6.45) is 3.07. The van der Waals surface area contributed by atoms with E-state index >= 15 is 0 Å². The molecule has 0 radical (unpaired) electrons. The fraction of sp³-hybridized carbons (Fsp3) is 0.600. The van der Waals surface area contributed by atoms with Gasteiger partial charge >= 0.3 is 0 Å². The fourth-order valence-electron chi connectivity index (χ4n) is 4.87. The molecule has 0 aliphatic carbocycles. The molecule has 0 saturated carbocycles. The van der Waals surface area contributed by atoms with Gasteiger partial charge in [-0.2, -0.15) is 0 Å². The average molecular weight is 356 g/mol. The zero-order chi connectivity index (χ0) is 18.3. The van der Waals surface area contributed by atoms with Crippen LogP contribution in [0.4, 0.5) is 0 Å². The van der Waals surface area contributed by atoms with Gasteiger partial charge in [-0.1, -0.05) is 12.1 Å². The Balaban J connectivity index is 1.53. The van der Waals surface area contributed by atoms with Gasteiger partial charge in [0.1, 0.15) is 12.4 Å². The van der Waals surface area contributed by atoms with E-state index < -0.39 is 0 Å². The maximum atomic E-state index is 13.0. The molecule has 1 N–H and O–H groups in total. The van der Waals surface area contributed by atoms with Crippen LogP contribution < -0.4 is 0 Å². The number of hydrogen-bond acceptors (Lipinski definition) is 4. The van der Waals surface area contributed by atoms with Crippen LogP contribution in [-0.4, -0.2) is 69.7 Å². The maximum Gasteiger partial charge on any atom is 0.242 e. The molecule has 3 heterocycles. The minimum Gasteiger partial charge on any atom is -0.396 e. The number of hydrogen-bond donors (Lipinski definition) is 1. The molecule has 140 valence electrons. The lowest BCUT2D eigenvalue weighted by Crippen LogP contribution is -2.62. The molecule has 2 aliphatic rings. The van der Waals surface area contributed by atoms with Crippen molar-refractivity contribution in [1.29, 1.82) is 0 Å². The number of likely N-dealkylation sites (N-methyl/N-ethyl adjacent to an activating group) is 1. The monoisotopic (exact) mass is 356 g/mol. The van der Waals surface area contributed by atoms with Gasteiger partial charge in [0.25, 0.3) is 0 Å². The smallest absolute Gasteiger partial charge is 0.242 e. The number of rotatable bonds is 3. The molecule has 26 heavy (non-hydrogen) atoms. The van der Waals surface area contributed by atoms with Gasteiger partial charge in [0.15, 0.2) is 0 Å². The minimum atomic E-state index is -0.0403. The average Bonchev–Trinajstić information content (AvgIpc) is 2.97. The Morgan fingerprint density at radius 2 is 2.12 bits per heavy atom. The van der Waals surface area contributed by atoms with Crippen LogP contribution in [0.2, 0.25) is 0 Å². The first-order chi connectivity index (χ1) is 12.5. The van der Waals surface area contributed by atoms with Crippen molar-refractivity contribution in [2.45, 2.75) is 38.8 Å². The molecule has 2 aliphatic heterocycles. The predicted octanol–water partition coefficient (Wildman–Crippen LogP) is 1.65. The van der Waals surface area contributed by atoms with Crippen molar-refractivity contribution >= 4 is 16.9 Å². The summed E-state index contributed by atoms with van der Waals surface area (Å²) in [4.78, 5) is 21.9. The zero-order valence-corrected chi connectivity index (χ0v) is 15.7. The van der Waals surface area contributed by atoms with E-state index in [1.165, 1.54) is 0 Å². The first-order valence-corrected chi connectivity index (χ1v) is 9.55. The molecule has 1 aromatic carbocycles. The number of fused-ring (bicyclic) bond motifs is 2. The van der Waals surface area contributed by atoms with Crippen LogP contribution >= 0.6 is 0 Å². The maximum absolute atomic E-state index is 13.0. The van der Waals surface area contributed by atoms with Crippen LogP contribution in [0.5, 0.6) is 0 Å². The van der Waals surface area contributed by atoms with Crippen molar-refractivity contribution in [2.75, 3.05) is 33.3 Å². The van der Waals surface area contributed by atoms with E-state index in [0.29, 0.717) is 13.1 Å². The number of piperidine rings is 2. The molecular formula is C20H28N4O2. The topological polar surface area (TPSA) is 61.6 Å². The lowest BCUT2D eigenvalue weighted by molar-refractivity contribution is -0.140. The van der Waals surface area contributed by atoms with Crippen molar-refractivity contribution in [3.63, 3.8) is 0 Å². The minimum absolute atomic E-state index is 0.0403. The second-order valence-electron chi connectivity index (χ2n) is 7.94. The van der Waals surface area contributed by atoms with Crippen molar-refractivity contribution in [2.24, 2.45) is 5.41 Å². The van der Waals surface area contributed by atoms with Crippen LogP contribution in [0.3, 0.4) is 0 Å². The summed E-state index contributed by atoms with van der Waals surface area (Å²) in [6.45, 7) is 4.98. The number of aliphatic hydroxyl groups is 1. The lowest BCUT2D eigenvalue weighted by atomic mass is 9.69. The lowest BCUT2D eigenvalue weighted by Gasteiger charge is -2.53. The Bertz CT molecular complexity index is 817. The highest BCUT2D eigenvalue weighted by atomic mass is 16.3. The molecule has 6 nitrogen and oxygen atoms in total. The number of aromatic nitrogens is 2. The second-order valence-corrected chi connectivity index (χ2v) is 7.94. The van der Waals surface area contributed by atoms with Gasteiger partial charge in [0.2, 0.25) is 5.91 Å². The van der Waals surface area contributed by atoms with Crippen LogP contribution in [0.15, 0.2) is 24.3 Å². The summed E-state index contributed by atoms with van der Waals surface area (Å²) in [5.41, 5.74) is 1.90. The summed E-state index contributed by atoms with van der Waals surface area (Å²) in [7, 11) is 2.12. The van der Waals surface area contributed by atoms with Crippen LogP contribution in [-0.2, 0) is 11.3 Å². The van der Waals surface area contributed by atoms with Gasteiger partial charge in [-0.15, -0.1) is 0 Å². The Morgan fingerprint density at radius 1 is 1.31 bits per heavy atom. The van der Waals surface area contributed by atoms with Crippen molar-refractivity contribution < 1.29 is 9.90 Å². The molecule has 2 fully saturated rings. The van der Waals surface area contributed by atoms with Crippen LogP contribution in [0.1, 0.15) is 25.1 Å². The van der Waals surface area contributed by atoms with Gasteiger partial charge in [0, 0.05) is 24.5 Å². The molecule has 6 heteroatoms. The van der Waals surface area contributed by atoms with E-state index in [0.717, 1.165) is 49.2 Å². The summed E-state index contributed by atoms with van der Waals surface area (Å²) < 4.78 is 2.01. The van der Waals surface area contributed by atoms with E-state index in [4.69, 9.17) is 0 Å². The fourth-order valence-corrected chi connectivity index (χ4v) is 4.87. The van der Waals surface area contributed by atoms with E-state index in [1.54, 1.807) is 0 Å². The van der Waals surface area contributed by atoms with E-state index in [1.807, 2.05) is 40.7 Å². The van der Waals surface area contributed by atoms with Crippen LogP contribution in [0.25, 0.3) is 11.0 Å². The van der Waals surface area contributed by atoms with Crippen LogP contribution in [0, 0.1) is 12.3 Å². The number of likely N-dealkylation sites (tertiary alicyclic amines) is 2. The highest BCUT2D eigenvalue weighted by Gasteiger charge is 2.47. The quantitative estimate of drug-likeness (QED) is 0.908. The van der Waals surface area contributed by atoms with Gasteiger partial charge in [-0.3, -0.25) is 4.79 Å². The zero-order valence-electron chi connectivity index (χ0n) is 15.7. The van der Waals surface area contributed by atoms with E-state index in [-0.39, 0.29) is 24.0 Å². The van der Waals surface area contributed by atoms with E-state index in [9.17, 15) is 9.90 Å².